The highest BCUT2D eigenvalue weighted by Gasteiger charge is 2.49. The molecule has 0 saturated carbocycles. The minimum atomic E-state index is -1.52. The van der Waals surface area contributed by atoms with Gasteiger partial charge >= 0.3 is 17.9 Å². The van der Waals surface area contributed by atoms with Gasteiger partial charge in [-0.3, -0.25) is 39.2 Å². The van der Waals surface area contributed by atoms with Crippen LogP contribution in [0.5, 0.6) is 5.88 Å². The lowest BCUT2D eigenvalue weighted by atomic mass is 10.0. The van der Waals surface area contributed by atoms with E-state index in [0.717, 1.165) is 31.4 Å². The Labute approximate surface area is 249 Å². The summed E-state index contributed by atoms with van der Waals surface area (Å²) in [4.78, 5) is 57.3. The van der Waals surface area contributed by atoms with Crippen molar-refractivity contribution in [3.8, 4) is 5.88 Å². The Morgan fingerprint density at radius 2 is 1.56 bits per heavy atom. The van der Waals surface area contributed by atoms with E-state index in [2.05, 4.69) is 26.2 Å². The molecular formula is C25H22BrN5O12. The zero-order chi connectivity index (χ0) is 31.6. The Hall–Kier alpha value is -4.97. The van der Waals surface area contributed by atoms with Crippen molar-refractivity contribution in [3.63, 3.8) is 0 Å². The van der Waals surface area contributed by atoms with E-state index in [-0.39, 0.29) is 32.4 Å². The van der Waals surface area contributed by atoms with Crippen LogP contribution in [0.4, 0.5) is 22.7 Å². The molecule has 2 aromatic carbocycles. The summed E-state index contributed by atoms with van der Waals surface area (Å²) in [6, 6.07) is 7.45. The van der Waals surface area contributed by atoms with Crippen LogP contribution in [-0.4, -0.2) is 62.3 Å². The number of carbonyl (C=O) groups excluding carboxylic acids is 3. The molecule has 18 heteroatoms. The van der Waals surface area contributed by atoms with Crippen molar-refractivity contribution in [1.29, 1.82) is 0 Å². The Morgan fingerprint density at radius 1 is 0.953 bits per heavy atom. The van der Waals surface area contributed by atoms with E-state index in [0.29, 0.717) is 0 Å². The van der Waals surface area contributed by atoms with Crippen molar-refractivity contribution in [2.75, 3.05) is 6.61 Å². The van der Waals surface area contributed by atoms with E-state index < -0.39 is 70.5 Å². The predicted octanol–water partition coefficient (Wildman–Crippen LogP) is 4.67. The summed E-state index contributed by atoms with van der Waals surface area (Å²) in [6.07, 6.45) is -5.62. The van der Waals surface area contributed by atoms with Gasteiger partial charge in [0.25, 0.3) is 11.4 Å². The first-order valence-corrected chi connectivity index (χ1v) is 13.1. The first kappa shape index (κ1) is 31.0. The number of nitro benzene ring substituents is 2. The molecule has 1 aliphatic heterocycles. The molecular weight excluding hydrogens is 642 g/mol. The first-order valence-electron chi connectivity index (χ1n) is 12.3. The van der Waals surface area contributed by atoms with Gasteiger partial charge in [-0.15, -0.1) is 5.11 Å². The molecule has 0 aliphatic carbocycles. The highest BCUT2D eigenvalue weighted by atomic mass is 79.9. The quantitative estimate of drug-likeness (QED) is 0.114. The minimum Gasteiger partial charge on any atom is -0.493 e. The van der Waals surface area contributed by atoms with Crippen molar-refractivity contribution >= 4 is 67.5 Å². The molecule has 2 heterocycles. The number of fused-ring (bicyclic) bond motifs is 1. The van der Waals surface area contributed by atoms with Crippen molar-refractivity contribution in [2.24, 2.45) is 10.2 Å². The van der Waals surface area contributed by atoms with Gasteiger partial charge in [-0.25, -0.2) is 0 Å². The normalized spacial score (nSPS) is 20.1. The van der Waals surface area contributed by atoms with Crippen LogP contribution in [0.1, 0.15) is 27.0 Å². The molecule has 4 rings (SSSR count). The number of esters is 3. The van der Waals surface area contributed by atoms with Crippen LogP contribution in [-0.2, 0) is 33.3 Å². The van der Waals surface area contributed by atoms with E-state index in [1.165, 1.54) is 30.3 Å². The van der Waals surface area contributed by atoms with E-state index in [4.69, 9.17) is 18.9 Å². The number of non-ortho nitro benzene ring substituents is 1. The number of hydrogen-bond donors (Lipinski definition) is 1. The number of carbonyl (C=O) groups is 3. The molecule has 1 N–H and O–H groups in total. The molecule has 226 valence electrons. The maximum Gasteiger partial charge on any atom is 0.303 e. The molecule has 0 unspecified atom stereocenters. The molecule has 0 amide bonds. The van der Waals surface area contributed by atoms with Crippen LogP contribution in [0.3, 0.4) is 0 Å². The molecule has 0 spiro atoms. The lowest BCUT2D eigenvalue weighted by molar-refractivity contribution is -0.385. The molecule has 0 radical (unpaired) electrons. The number of halogens is 1. The number of hydrogen-bond acceptors (Lipinski definition) is 14. The number of benzene rings is 2. The number of ether oxygens (including phenoxy) is 4. The highest BCUT2D eigenvalue weighted by molar-refractivity contribution is 9.10. The van der Waals surface area contributed by atoms with Crippen molar-refractivity contribution in [1.82, 2.24) is 4.57 Å². The van der Waals surface area contributed by atoms with Gasteiger partial charge in [0.2, 0.25) is 5.88 Å². The van der Waals surface area contributed by atoms with Gasteiger partial charge in [0, 0.05) is 44.4 Å². The number of aromatic hydroxyl groups is 1. The molecule has 17 nitrogen and oxygen atoms in total. The van der Waals surface area contributed by atoms with E-state index in [1.54, 1.807) is 0 Å². The number of aromatic nitrogens is 1. The van der Waals surface area contributed by atoms with E-state index >= 15 is 0 Å². The molecule has 1 fully saturated rings. The third-order valence-electron chi connectivity index (χ3n) is 6.12. The number of rotatable bonds is 8. The Bertz CT molecular complexity index is 1650. The number of nitrogens with zero attached hydrogens (tertiary/aromatic N) is 5. The maximum absolute atomic E-state index is 12.1. The molecule has 0 bridgehead atoms. The first-order chi connectivity index (χ1) is 20.3. The Morgan fingerprint density at radius 3 is 2.12 bits per heavy atom. The molecule has 43 heavy (non-hydrogen) atoms. The van der Waals surface area contributed by atoms with E-state index in [9.17, 15) is 39.7 Å². The van der Waals surface area contributed by atoms with Crippen molar-refractivity contribution in [2.45, 2.75) is 45.3 Å². The smallest absolute Gasteiger partial charge is 0.303 e. The zero-order valence-corrected chi connectivity index (χ0v) is 24.1. The summed E-state index contributed by atoms with van der Waals surface area (Å²) in [7, 11) is 0. The highest BCUT2D eigenvalue weighted by Crippen LogP contribution is 2.47. The van der Waals surface area contributed by atoms with Crippen molar-refractivity contribution in [3.05, 3.63) is 61.1 Å². The van der Waals surface area contributed by atoms with Crippen LogP contribution in [0.2, 0.25) is 0 Å². The third kappa shape index (κ3) is 6.59. The second kappa shape index (κ2) is 12.5. The lowest BCUT2D eigenvalue weighted by Crippen LogP contribution is -2.55. The summed E-state index contributed by atoms with van der Waals surface area (Å²) in [5, 5.41) is 42.4. The Kier molecular flexibility index (Phi) is 9.00. The van der Waals surface area contributed by atoms with Crippen molar-refractivity contribution < 1.29 is 48.3 Å². The zero-order valence-electron chi connectivity index (χ0n) is 22.5. The summed E-state index contributed by atoms with van der Waals surface area (Å²) in [6.45, 7) is 2.87. The standard InChI is InChI=1S/C25H22BrN5O12/c1-11(32)41-20-10-40-25(23(43-13(3)34)22(20)42-12(2)33)29-18-9-19(31(38)39)17(26)8-16(18)21(24(29)35)28-27-14-4-6-15(7-5-14)30(36)37/h4-9,20,22-23,25,35H,10H2,1-3H3/t20-,22-,23+,25+/m0/s1. The maximum atomic E-state index is 12.1. The lowest BCUT2D eigenvalue weighted by Gasteiger charge is -2.41. The topological polar surface area (TPSA) is 224 Å². The van der Waals surface area contributed by atoms with Crippen LogP contribution >= 0.6 is 15.9 Å². The molecule has 3 aromatic rings. The monoisotopic (exact) mass is 663 g/mol. The van der Waals surface area contributed by atoms with Crippen LogP contribution in [0.15, 0.2) is 51.1 Å². The molecule has 1 saturated heterocycles. The van der Waals surface area contributed by atoms with Gasteiger partial charge in [-0.05, 0) is 34.1 Å². The summed E-state index contributed by atoms with van der Waals surface area (Å²) in [5.74, 6) is -3.03. The minimum absolute atomic E-state index is 0.0142. The SMILES string of the molecule is CC(=O)O[C@@H]1[C@@H](OC(C)=O)[C@H](n2c(O)c(N=Nc3ccc([N+](=O)[O-])cc3)c3cc(Br)c([N+](=O)[O-])cc32)OC[C@@H]1OC(C)=O. The number of azo groups is 1. The predicted molar refractivity (Wildman–Crippen MR) is 147 cm³/mol. The Balaban J connectivity index is 1.91. The number of nitro groups is 2. The second-order valence-electron chi connectivity index (χ2n) is 9.11. The fraction of sp³-hybridized carbons (Fsp3) is 0.320. The van der Waals surface area contributed by atoms with Crippen LogP contribution < -0.4 is 0 Å². The summed E-state index contributed by atoms with van der Waals surface area (Å²) < 4.78 is 23.0. The van der Waals surface area contributed by atoms with Gasteiger partial charge in [0.15, 0.2) is 30.2 Å². The van der Waals surface area contributed by atoms with Crippen LogP contribution in [0.25, 0.3) is 10.9 Å². The summed E-state index contributed by atoms with van der Waals surface area (Å²) >= 11 is 3.14. The second-order valence-corrected chi connectivity index (χ2v) is 9.97. The van der Waals surface area contributed by atoms with Gasteiger partial charge in [0.05, 0.1) is 32.1 Å². The average Bonchev–Trinajstić information content (AvgIpc) is 3.18. The third-order valence-corrected chi connectivity index (χ3v) is 6.76. The van der Waals surface area contributed by atoms with Crippen LogP contribution in [0, 0.1) is 20.2 Å². The molecule has 1 aromatic heterocycles. The van der Waals surface area contributed by atoms with E-state index in [1.807, 2.05) is 0 Å². The molecule has 1 aliphatic rings. The molecule has 4 atom stereocenters. The fourth-order valence-electron chi connectivity index (χ4n) is 4.48. The van der Waals surface area contributed by atoms with Gasteiger partial charge in [-0.1, -0.05) is 0 Å². The van der Waals surface area contributed by atoms with Gasteiger partial charge < -0.3 is 24.1 Å². The van der Waals surface area contributed by atoms with Gasteiger partial charge in [0.1, 0.15) is 0 Å². The average molecular weight is 664 g/mol. The fourth-order valence-corrected chi connectivity index (χ4v) is 4.97. The summed E-state index contributed by atoms with van der Waals surface area (Å²) in [5.41, 5.74) is -0.619. The van der Waals surface area contributed by atoms with Gasteiger partial charge in [-0.2, -0.15) is 5.11 Å². The largest absolute Gasteiger partial charge is 0.493 e.